The monoisotopic (exact) mass is 326 g/mol. The molecule has 3 rings (SSSR count). The molecule has 0 bridgehead atoms. The summed E-state index contributed by atoms with van der Waals surface area (Å²) in [5.41, 5.74) is 14.5. The summed E-state index contributed by atoms with van der Waals surface area (Å²) < 4.78 is 1.81. The fraction of sp³-hybridized carbons (Fsp3) is 0.389. The zero-order chi connectivity index (χ0) is 17.5. The number of fused-ring (bicyclic) bond motifs is 1. The lowest BCUT2D eigenvalue weighted by Crippen LogP contribution is -2.28. The van der Waals surface area contributed by atoms with Crippen molar-refractivity contribution in [3.63, 3.8) is 0 Å². The molecule has 126 valence electrons. The van der Waals surface area contributed by atoms with Gasteiger partial charge in [-0.15, -0.1) is 0 Å². The van der Waals surface area contributed by atoms with Crippen LogP contribution in [0.1, 0.15) is 52.4 Å². The van der Waals surface area contributed by atoms with Gasteiger partial charge in [0.15, 0.2) is 5.78 Å². The number of carbonyl (C=O) groups excluding carboxylic acids is 2. The molecule has 1 aliphatic carbocycles. The fourth-order valence-corrected chi connectivity index (χ4v) is 3.32. The van der Waals surface area contributed by atoms with E-state index in [0.717, 1.165) is 29.1 Å². The lowest BCUT2D eigenvalue weighted by molar-refractivity contribution is 0.0909. The normalized spacial score (nSPS) is 16.0. The van der Waals surface area contributed by atoms with Crippen LogP contribution in [0.5, 0.6) is 0 Å². The van der Waals surface area contributed by atoms with Gasteiger partial charge in [0.25, 0.3) is 0 Å². The van der Waals surface area contributed by atoms with Crippen LogP contribution in [0.4, 0.5) is 0 Å². The molecule has 0 atom stereocenters. The molecule has 0 saturated heterocycles. The number of nitrogens with two attached hydrogens (primary N) is 2. The molecule has 0 saturated carbocycles. The second-order valence-corrected chi connectivity index (χ2v) is 7.07. The summed E-state index contributed by atoms with van der Waals surface area (Å²) in [6.45, 7) is 4.62. The SMILES string of the molecule is CC1(C)CC(=O)c2c(CCN)nn(-c3ccc(C(N)=O)cc3)c2C1. The summed E-state index contributed by atoms with van der Waals surface area (Å²) in [7, 11) is 0. The predicted molar refractivity (Wildman–Crippen MR) is 91.3 cm³/mol. The molecule has 1 aliphatic rings. The van der Waals surface area contributed by atoms with E-state index in [2.05, 4.69) is 18.9 Å². The number of ketones is 1. The second-order valence-electron chi connectivity index (χ2n) is 7.07. The van der Waals surface area contributed by atoms with Crippen molar-refractivity contribution < 1.29 is 9.59 Å². The van der Waals surface area contributed by atoms with Crippen LogP contribution in [0.15, 0.2) is 24.3 Å². The lowest BCUT2D eigenvalue weighted by Gasteiger charge is -2.29. The molecule has 4 N–H and O–H groups in total. The zero-order valence-electron chi connectivity index (χ0n) is 14.0. The number of benzene rings is 1. The Morgan fingerprint density at radius 2 is 1.92 bits per heavy atom. The smallest absolute Gasteiger partial charge is 0.248 e. The first-order valence-corrected chi connectivity index (χ1v) is 8.07. The number of hydrogen-bond donors (Lipinski definition) is 2. The molecule has 1 aromatic carbocycles. The van der Waals surface area contributed by atoms with E-state index in [1.54, 1.807) is 24.3 Å². The first-order chi connectivity index (χ1) is 11.3. The van der Waals surface area contributed by atoms with Gasteiger partial charge < -0.3 is 11.5 Å². The van der Waals surface area contributed by atoms with Crippen LogP contribution in [-0.4, -0.2) is 28.0 Å². The first kappa shape index (κ1) is 16.4. The Bertz CT molecular complexity index is 803. The topological polar surface area (TPSA) is 104 Å². The van der Waals surface area contributed by atoms with Crippen LogP contribution in [0.25, 0.3) is 5.69 Å². The van der Waals surface area contributed by atoms with E-state index in [9.17, 15) is 9.59 Å². The average molecular weight is 326 g/mol. The minimum atomic E-state index is -0.468. The summed E-state index contributed by atoms with van der Waals surface area (Å²) in [5.74, 6) is -0.339. The largest absolute Gasteiger partial charge is 0.366 e. The van der Waals surface area contributed by atoms with E-state index < -0.39 is 5.91 Å². The van der Waals surface area contributed by atoms with Crippen molar-refractivity contribution in [1.29, 1.82) is 0 Å². The van der Waals surface area contributed by atoms with Crippen molar-refractivity contribution in [2.75, 3.05) is 6.54 Å². The van der Waals surface area contributed by atoms with Crippen LogP contribution in [-0.2, 0) is 12.8 Å². The Morgan fingerprint density at radius 3 is 2.50 bits per heavy atom. The average Bonchev–Trinajstić information content (AvgIpc) is 2.85. The molecule has 1 heterocycles. The quantitative estimate of drug-likeness (QED) is 0.891. The number of aromatic nitrogens is 2. The van der Waals surface area contributed by atoms with E-state index >= 15 is 0 Å². The number of nitrogens with zero attached hydrogens (tertiary/aromatic N) is 2. The number of amides is 1. The molecule has 0 aliphatic heterocycles. The lowest BCUT2D eigenvalue weighted by atomic mass is 9.75. The van der Waals surface area contributed by atoms with Gasteiger partial charge in [0, 0.05) is 18.4 Å². The van der Waals surface area contributed by atoms with E-state index in [1.807, 2.05) is 4.68 Å². The van der Waals surface area contributed by atoms with Crippen molar-refractivity contribution in [1.82, 2.24) is 9.78 Å². The highest BCUT2D eigenvalue weighted by molar-refractivity contribution is 6.00. The van der Waals surface area contributed by atoms with Gasteiger partial charge >= 0.3 is 0 Å². The van der Waals surface area contributed by atoms with E-state index in [4.69, 9.17) is 11.5 Å². The van der Waals surface area contributed by atoms with Crippen molar-refractivity contribution >= 4 is 11.7 Å². The van der Waals surface area contributed by atoms with Crippen LogP contribution in [0.2, 0.25) is 0 Å². The number of primary amides is 1. The van der Waals surface area contributed by atoms with Gasteiger partial charge in [-0.25, -0.2) is 4.68 Å². The van der Waals surface area contributed by atoms with Gasteiger partial charge in [0.05, 0.1) is 22.6 Å². The number of hydrogen-bond acceptors (Lipinski definition) is 4. The van der Waals surface area contributed by atoms with Gasteiger partial charge in [0.2, 0.25) is 5.91 Å². The molecule has 6 nitrogen and oxygen atoms in total. The number of carbonyl (C=O) groups is 2. The predicted octanol–water partition coefficient (Wildman–Crippen LogP) is 1.63. The van der Waals surface area contributed by atoms with Crippen LogP contribution < -0.4 is 11.5 Å². The first-order valence-electron chi connectivity index (χ1n) is 8.07. The molecular formula is C18H22N4O2. The third-order valence-electron chi connectivity index (χ3n) is 4.40. The Balaban J connectivity index is 2.13. The third-order valence-corrected chi connectivity index (χ3v) is 4.40. The molecule has 0 fully saturated rings. The summed E-state index contributed by atoms with van der Waals surface area (Å²) in [4.78, 5) is 23.9. The number of Topliss-reactive ketones (excluding diaryl/α,β-unsaturated/α-hetero) is 1. The minimum Gasteiger partial charge on any atom is -0.366 e. The molecule has 1 amide bonds. The van der Waals surface area contributed by atoms with Gasteiger partial charge in [0.1, 0.15) is 0 Å². The molecular weight excluding hydrogens is 304 g/mol. The van der Waals surface area contributed by atoms with Gasteiger partial charge in [-0.1, -0.05) is 13.8 Å². The molecule has 0 unspecified atom stereocenters. The summed E-state index contributed by atoms with van der Waals surface area (Å²) in [5, 5.41) is 4.64. The molecule has 24 heavy (non-hydrogen) atoms. The van der Waals surface area contributed by atoms with Crippen molar-refractivity contribution in [3.8, 4) is 5.69 Å². The van der Waals surface area contributed by atoms with Gasteiger partial charge in [-0.3, -0.25) is 9.59 Å². The Hall–Kier alpha value is -2.47. The van der Waals surface area contributed by atoms with Crippen LogP contribution in [0, 0.1) is 5.41 Å². The van der Waals surface area contributed by atoms with Crippen molar-refractivity contribution in [3.05, 3.63) is 46.8 Å². The number of rotatable bonds is 4. The van der Waals surface area contributed by atoms with E-state index in [1.165, 1.54) is 0 Å². The van der Waals surface area contributed by atoms with Gasteiger partial charge in [-0.2, -0.15) is 5.10 Å². The Kier molecular flexibility index (Phi) is 4.01. The Morgan fingerprint density at radius 1 is 1.25 bits per heavy atom. The highest BCUT2D eigenvalue weighted by Gasteiger charge is 2.36. The van der Waals surface area contributed by atoms with Gasteiger partial charge in [-0.05, 0) is 42.6 Å². The summed E-state index contributed by atoms with van der Waals surface area (Å²) in [6, 6.07) is 6.94. The third kappa shape index (κ3) is 2.85. The van der Waals surface area contributed by atoms with E-state index in [0.29, 0.717) is 24.9 Å². The highest BCUT2D eigenvalue weighted by atomic mass is 16.1. The zero-order valence-corrected chi connectivity index (χ0v) is 14.0. The summed E-state index contributed by atoms with van der Waals surface area (Å²) in [6.07, 6.45) is 1.86. The van der Waals surface area contributed by atoms with Crippen molar-refractivity contribution in [2.24, 2.45) is 16.9 Å². The van der Waals surface area contributed by atoms with E-state index in [-0.39, 0.29) is 11.2 Å². The standard InChI is InChI=1S/C18H22N4O2/c1-18(2)9-14-16(15(23)10-18)13(7-8-19)21-22(14)12-5-3-11(4-6-12)17(20)24/h3-6H,7-10,19H2,1-2H3,(H2,20,24). The Labute approximate surface area is 140 Å². The van der Waals surface area contributed by atoms with Crippen molar-refractivity contribution in [2.45, 2.75) is 33.1 Å². The molecule has 6 heteroatoms. The molecule has 1 aromatic heterocycles. The molecule has 2 aromatic rings. The van der Waals surface area contributed by atoms with Crippen LogP contribution >= 0.6 is 0 Å². The maximum atomic E-state index is 12.6. The maximum Gasteiger partial charge on any atom is 0.248 e. The molecule has 0 spiro atoms. The van der Waals surface area contributed by atoms with Crippen LogP contribution in [0.3, 0.4) is 0 Å². The highest BCUT2D eigenvalue weighted by Crippen LogP contribution is 2.37. The fourth-order valence-electron chi connectivity index (χ4n) is 3.32. The maximum absolute atomic E-state index is 12.6. The molecule has 0 radical (unpaired) electrons. The minimum absolute atomic E-state index is 0.102. The second kappa shape index (κ2) is 5.87. The summed E-state index contributed by atoms with van der Waals surface area (Å²) >= 11 is 0.